The van der Waals surface area contributed by atoms with Crippen molar-refractivity contribution >= 4 is 52.0 Å². The van der Waals surface area contributed by atoms with Gasteiger partial charge in [0.05, 0.1) is 12.8 Å². The van der Waals surface area contributed by atoms with Crippen LogP contribution in [0.15, 0.2) is 60.7 Å². The number of rotatable bonds is 8. The first-order valence-electron chi connectivity index (χ1n) is 7.46. The van der Waals surface area contributed by atoms with Crippen molar-refractivity contribution in [2.75, 3.05) is 11.5 Å². The molecule has 2 aromatic carbocycles. The van der Waals surface area contributed by atoms with Gasteiger partial charge in [-0.25, -0.2) is 0 Å². The van der Waals surface area contributed by atoms with Crippen LogP contribution in [0.25, 0.3) is 0 Å². The van der Waals surface area contributed by atoms with Gasteiger partial charge in [-0.2, -0.15) is 11.8 Å². The molecule has 0 aliphatic carbocycles. The number of aliphatic carboxylic acids is 2. The van der Waals surface area contributed by atoms with E-state index in [4.69, 9.17) is 10.2 Å². The van der Waals surface area contributed by atoms with E-state index in [1.807, 2.05) is 0 Å². The fourth-order valence-corrected chi connectivity index (χ4v) is 5.47. The Bertz CT molecular complexity index is 551. The number of hydrogen-bond donors (Lipinski definition) is 2. The van der Waals surface area contributed by atoms with Crippen LogP contribution in [0.5, 0.6) is 0 Å². The molecule has 0 aromatic heterocycles. The van der Waals surface area contributed by atoms with Crippen molar-refractivity contribution < 1.29 is 19.8 Å². The van der Waals surface area contributed by atoms with Gasteiger partial charge in [0, 0.05) is 11.5 Å². The fourth-order valence-electron chi connectivity index (χ4n) is 1.63. The molecule has 0 aliphatic rings. The molecule has 2 aromatic rings. The Hall–Kier alpha value is -1.47. The van der Waals surface area contributed by atoms with Gasteiger partial charge >= 0.3 is 101 Å². The molecule has 0 unspecified atom stereocenters. The van der Waals surface area contributed by atoms with Crippen LogP contribution in [-0.4, -0.2) is 54.8 Å². The van der Waals surface area contributed by atoms with Crippen LogP contribution in [0.4, 0.5) is 0 Å². The molecule has 2 N–H and O–H groups in total. The minimum atomic E-state index is -0.840. The molecule has 0 saturated carbocycles. The van der Waals surface area contributed by atoms with Gasteiger partial charge < -0.3 is 10.2 Å². The molecular formula is C18H20O4SSn. The fraction of sp³-hybridized carbons (Fsp3) is 0.222. The van der Waals surface area contributed by atoms with Crippen LogP contribution >= 0.6 is 11.8 Å². The van der Waals surface area contributed by atoms with Gasteiger partial charge in [-0.05, 0) is 0 Å². The number of benzene rings is 2. The van der Waals surface area contributed by atoms with E-state index < -0.39 is 33.1 Å². The van der Waals surface area contributed by atoms with Crippen molar-refractivity contribution in [2.45, 2.75) is 12.8 Å². The predicted octanol–water partition coefficient (Wildman–Crippen LogP) is 2.01. The molecule has 2 rings (SSSR count). The van der Waals surface area contributed by atoms with Crippen molar-refractivity contribution in [2.24, 2.45) is 0 Å². The summed E-state index contributed by atoms with van der Waals surface area (Å²) in [6, 6.07) is 21.6. The van der Waals surface area contributed by atoms with Gasteiger partial charge in [0.25, 0.3) is 0 Å². The summed E-state index contributed by atoms with van der Waals surface area (Å²) in [4.78, 5) is 19.9. The summed E-state index contributed by atoms with van der Waals surface area (Å²) < 4.78 is 3.08. The van der Waals surface area contributed by atoms with Crippen molar-refractivity contribution in [1.82, 2.24) is 0 Å². The average molecular weight is 451 g/mol. The molecule has 0 heterocycles. The van der Waals surface area contributed by atoms with Crippen molar-refractivity contribution in [3.8, 4) is 0 Å². The molecule has 126 valence electrons. The second kappa shape index (κ2) is 12.9. The predicted molar refractivity (Wildman–Crippen MR) is 99.7 cm³/mol. The molecule has 24 heavy (non-hydrogen) atoms. The number of carboxylic acids is 2. The van der Waals surface area contributed by atoms with E-state index in [1.165, 1.54) is 18.9 Å². The molecule has 0 aliphatic heterocycles. The molecule has 4 nitrogen and oxygen atoms in total. The van der Waals surface area contributed by atoms with Gasteiger partial charge in [-0.3, -0.25) is 9.59 Å². The normalized spacial score (nSPS) is 9.67. The third-order valence-corrected chi connectivity index (χ3v) is 7.29. The van der Waals surface area contributed by atoms with E-state index >= 15 is 0 Å². The molecule has 6 heteroatoms. The van der Waals surface area contributed by atoms with Gasteiger partial charge in [0.15, 0.2) is 0 Å². The van der Waals surface area contributed by atoms with Crippen LogP contribution in [0.3, 0.4) is 0 Å². The zero-order chi connectivity index (χ0) is 17.6. The van der Waals surface area contributed by atoms with Gasteiger partial charge in [-0.1, -0.05) is 0 Å². The number of thioether (sulfide) groups is 1. The molecule has 0 saturated heterocycles. The molecule has 0 bridgehead atoms. The summed E-state index contributed by atoms with van der Waals surface area (Å²) in [5.74, 6) is -0.703. The Morgan fingerprint density at radius 2 is 1.12 bits per heavy atom. The molecule has 2 radical (unpaired) electrons. The molecule has 0 fully saturated rings. The van der Waals surface area contributed by atoms with E-state index in [0.717, 1.165) is 0 Å². The summed E-state index contributed by atoms with van der Waals surface area (Å²) in [5.41, 5.74) is 0. The maximum atomic E-state index is 9.97. The van der Waals surface area contributed by atoms with E-state index in [9.17, 15) is 9.59 Å². The zero-order valence-electron chi connectivity index (χ0n) is 13.2. The summed E-state index contributed by atoms with van der Waals surface area (Å²) in [6.45, 7) is 0. The second-order valence-electron chi connectivity index (χ2n) is 4.76. The third-order valence-electron chi connectivity index (χ3n) is 2.76. The minimum absolute atomic E-state index is 0.101. The molecule has 0 atom stereocenters. The van der Waals surface area contributed by atoms with Crippen LogP contribution in [0.1, 0.15) is 12.8 Å². The van der Waals surface area contributed by atoms with Crippen molar-refractivity contribution in [1.29, 1.82) is 0 Å². The van der Waals surface area contributed by atoms with Crippen LogP contribution in [0.2, 0.25) is 0 Å². The SMILES string of the molecule is O=C(O)CCSCCC(=O)O.c1cc[c]([Sn][c]2ccccc2)cc1. The van der Waals surface area contributed by atoms with Crippen LogP contribution < -0.4 is 7.16 Å². The maximum absolute atomic E-state index is 9.97. The number of carbonyl (C=O) groups is 2. The summed E-state index contributed by atoms with van der Waals surface area (Å²) in [7, 11) is 0. The van der Waals surface area contributed by atoms with E-state index in [-0.39, 0.29) is 12.8 Å². The second-order valence-corrected chi connectivity index (χ2v) is 9.99. The van der Waals surface area contributed by atoms with E-state index in [2.05, 4.69) is 60.7 Å². The first kappa shape index (κ1) is 20.6. The Morgan fingerprint density at radius 3 is 1.46 bits per heavy atom. The average Bonchev–Trinajstić information content (AvgIpc) is 2.56. The van der Waals surface area contributed by atoms with E-state index in [0.29, 0.717) is 11.5 Å². The number of carboxylic acid groups (broad SMARTS) is 2. The Labute approximate surface area is 156 Å². The quantitative estimate of drug-likeness (QED) is 0.475. The van der Waals surface area contributed by atoms with Crippen molar-refractivity contribution in [3.05, 3.63) is 60.7 Å². The summed E-state index contributed by atoms with van der Waals surface area (Å²) >= 11 is 0.831. The van der Waals surface area contributed by atoms with Gasteiger partial charge in [0.2, 0.25) is 0 Å². The molecule has 0 spiro atoms. The molecular weight excluding hydrogens is 431 g/mol. The Morgan fingerprint density at radius 1 is 0.750 bits per heavy atom. The number of hydrogen-bond acceptors (Lipinski definition) is 3. The Kier molecular flexibility index (Phi) is 11.1. The third kappa shape index (κ3) is 11.1. The monoisotopic (exact) mass is 452 g/mol. The topological polar surface area (TPSA) is 74.6 Å². The van der Waals surface area contributed by atoms with Crippen LogP contribution in [0, 0.1) is 0 Å². The van der Waals surface area contributed by atoms with Gasteiger partial charge in [0.1, 0.15) is 0 Å². The van der Waals surface area contributed by atoms with Gasteiger partial charge in [-0.15, -0.1) is 0 Å². The van der Waals surface area contributed by atoms with Crippen LogP contribution in [-0.2, 0) is 9.59 Å². The van der Waals surface area contributed by atoms with E-state index in [1.54, 1.807) is 0 Å². The summed E-state index contributed by atoms with van der Waals surface area (Å²) in [5, 5.41) is 16.4. The first-order valence-corrected chi connectivity index (χ1v) is 11.5. The summed E-state index contributed by atoms with van der Waals surface area (Å²) in [6.07, 6.45) is 0.203. The standard InChI is InChI=1S/C6H10O4S.2C6H5.Sn/c7-5(8)1-3-11-4-2-6(9)10;2*1-2-4-6-5-3-1;/h1-4H2,(H,7,8)(H,9,10);2*1-5H;. The van der Waals surface area contributed by atoms with Crippen molar-refractivity contribution in [3.63, 3.8) is 0 Å². The first-order chi connectivity index (χ1) is 11.6. The molecule has 0 amide bonds. The zero-order valence-corrected chi connectivity index (χ0v) is 16.9. The Balaban J connectivity index is 0.000000245.